The van der Waals surface area contributed by atoms with Crippen LogP contribution in [0, 0.1) is 10.8 Å². The van der Waals surface area contributed by atoms with E-state index in [-0.39, 0.29) is 0 Å². The highest BCUT2D eigenvalue weighted by Crippen LogP contribution is 2.43. The molecule has 0 aromatic heterocycles. The first-order valence-corrected chi connectivity index (χ1v) is 13.3. The maximum absolute atomic E-state index is 2.78. The first-order valence-electron chi connectivity index (χ1n) is 12.4. The lowest BCUT2D eigenvalue weighted by atomic mass is 9.71. The van der Waals surface area contributed by atoms with Crippen molar-refractivity contribution in [2.75, 3.05) is 58.1 Å². The second-order valence-corrected chi connectivity index (χ2v) is 12.6. The summed E-state index contributed by atoms with van der Waals surface area (Å²) in [5.41, 5.74) is 1.34. The average Bonchev–Trinajstić information content (AvgIpc) is 2.64. The summed E-state index contributed by atoms with van der Waals surface area (Å²) < 4.78 is 2.68. The molecule has 4 aliphatic heterocycles. The number of rotatable bonds is 7. The molecule has 4 fully saturated rings. The molecule has 4 heterocycles. The topological polar surface area (TPSA) is 13.0 Å². The molecular formula is C24H46N4S. The van der Waals surface area contributed by atoms with Gasteiger partial charge in [0, 0.05) is 63.1 Å². The smallest absolute Gasteiger partial charge is 0.00956 e. The number of piperidine rings is 2. The van der Waals surface area contributed by atoms with E-state index in [4.69, 9.17) is 0 Å². The van der Waals surface area contributed by atoms with Crippen molar-refractivity contribution in [3.63, 3.8) is 0 Å². The molecule has 0 N–H and O–H groups in total. The third-order valence-corrected chi connectivity index (χ3v) is 9.84. The summed E-state index contributed by atoms with van der Waals surface area (Å²) in [5.74, 6) is 1.30. The number of nitrogens with zero attached hydrogens (tertiary/aromatic N) is 4. The lowest BCUT2D eigenvalue weighted by molar-refractivity contribution is -0.0673. The summed E-state index contributed by atoms with van der Waals surface area (Å²) in [6.45, 7) is 22.5. The zero-order valence-electron chi connectivity index (χ0n) is 19.8. The van der Waals surface area contributed by atoms with Gasteiger partial charge in [0.1, 0.15) is 0 Å². The summed E-state index contributed by atoms with van der Waals surface area (Å²) in [5, 5.41) is 0. The fraction of sp³-hybridized carbons (Fsp3) is 1.00. The van der Waals surface area contributed by atoms with E-state index in [1.54, 1.807) is 0 Å². The highest BCUT2D eigenvalue weighted by molar-refractivity contribution is 7.97. The second kappa shape index (κ2) is 8.97. The van der Waals surface area contributed by atoms with Gasteiger partial charge in [-0.1, -0.05) is 11.9 Å². The molecule has 1 atom stereocenters. The second-order valence-electron chi connectivity index (χ2n) is 11.4. The Morgan fingerprint density at radius 2 is 1.10 bits per heavy atom. The minimum Gasteiger partial charge on any atom is -0.301 e. The Morgan fingerprint density at radius 3 is 1.55 bits per heavy atom. The Balaban J connectivity index is 1.09. The largest absolute Gasteiger partial charge is 0.301 e. The predicted molar refractivity (Wildman–Crippen MR) is 126 cm³/mol. The first-order chi connectivity index (χ1) is 13.8. The van der Waals surface area contributed by atoms with Gasteiger partial charge in [0.25, 0.3) is 0 Å². The van der Waals surface area contributed by atoms with E-state index in [0.717, 1.165) is 18.1 Å². The van der Waals surface area contributed by atoms with Crippen molar-refractivity contribution in [1.29, 1.82) is 0 Å². The van der Waals surface area contributed by atoms with Crippen molar-refractivity contribution < 1.29 is 0 Å². The van der Waals surface area contributed by atoms with Crippen LogP contribution in [-0.2, 0) is 0 Å². The molecule has 168 valence electrons. The fourth-order valence-electron chi connectivity index (χ4n) is 6.06. The van der Waals surface area contributed by atoms with Crippen LogP contribution in [0.5, 0.6) is 0 Å². The Hall–Kier alpha value is 0.190. The van der Waals surface area contributed by atoms with Crippen molar-refractivity contribution in [3.05, 3.63) is 0 Å². The molecule has 2 spiro atoms. The minimum atomic E-state index is 0.672. The van der Waals surface area contributed by atoms with Crippen molar-refractivity contribution in [3.8, 4) is 0 Å². The molecular weight excluding hydrogens is 376 g/mol. The molecule has 0 aliphatic carbocycles. The quantitative estimate of drug-likeness (QED) is 0.573. The zero-order chi connectivity index (χ0) is 20.6. The van der Waals surface area contributed by atoms with E-state index in [9.17, 15) is 0 Å². The number of hydrogen-bond acceptors (Lipinski definition) is 5. The number of hydrogen-bond donors (Lipinski definition) is 0. The van der Waals surface area contributed by atoms with Crippen molar-refractivity contribution in [2.24, 2.45) is 10.8 Å². The predicted octanol–water partition coefficient (Wildman–Crippen LogP) is 4.03. The van der Waals surface area contributed by atoms with E-state index in [1.807, 2.05) is 0 Å². The monoisotopic (exact) mass is 422 g/mol. The Bertz CT molecular complexity index is 519. The van der Waals surface area contributed by atoms with Gasteiger partial charge in [-0.25, -0.2) is 0 Å². The van der Waals surface area contributed by atoms with Crippen LogP contribution in [0.4, 0.5) is 0 Å². The average molecular weight is 423 g/mol. The highest BCUT2D eigenvalue weighted by atomic mass is 32.2. The van der Waals surface area contributed by atoms with Gasteiger partial charge in [-0.3, -0.25) is 14.1 Å². The fourth-order valence-corrected chi connectivity index (χ4v) is 7.20. The molecule has 4 saturated heterocycles. The standard InChI is InChI=1S/C24H46N4S/c1-20(2)26-16-23(17-26)7-11-25(12-8-23)22(5)6-15-29-28-13-9-24(10-14-28)18-27(19-24)21(3)4/h20-22H,6-19H2,1-5H3. The third kappa shape index (κ3) is 5.00. The Labute approximate surface area is 184 Å². The van der Waals surface area contributed by atoms with Crippen LogP contribution in [0.1, 0.15) is 66.7 Å². The zero-order valence-corrected chi connectivity index (χ0v) is 20.6. The van der Waals surface area contributed by atoms with Gasteiger partial charge in [0.15, 0.2) is 0 Å². The first kappa shape index (κ1) is 22.4. The summed E-state index contributed by atoms with van der Waals surface area (Å²) in [7, 11) is 0. The molecule has 0 aromatic rings. The van der Waals surface area contributed by atoms with Crippen LogP contribution in [0.2, 0.25) is 0 Å². The molecule has 29 heavy (non-hydrogen) atoms. The molecule has 5 heteroatoms. The van der Waals surface area contributed by atoms with Gasteiger partial charge >= 0.3 is 0 Å². The maximum Gasteiger partial charge on any atom is 0.00956 e. The lowest BCUT2D eigenvalue weighted by Gasteiger charge is -2.56. The van der Waals surface area contributed by atoms with E-state index in [1.165, 1.54) is 90.2 Å². The van der Waals surface area contributed by atoms with Gasteiger partial charge in [0.2, 0.25) is 0 Å². The van der Waals surface area contributed by atoms with Gasteiger partial charge in [-0.15, -0.1) is 0 Å². The van der Waals surface area contributed by atoms with Crippen LogP contribution in [0.15, 0.2) is 0 Å². The SMILES string of the molecule is CC(C)N1CC2(CCN(SCCC(C)N3CCC4(CC3)CN(C(C)C)C4)CC2)C1. The minimum absolute atomic E-state index is 0.672. The van der Waals surface area contributed by atoms with Crippen LogP contribution in [0.3, 0.4) is 0 Å². The normalized spacial score (nSPS) is 29.5. The third-order valence-electron chi connectivity index (χ3n) is 8.69. The molecule has 0 saturated carbocycles. The van der Waals surface area contributed by atoms with E-state index >= 15 is 0 Å². The van der Waals surface area contributed by atoms with Crippen molar-refractivity contribution in [2.45, 2.75) is 84.8 Å². The molecule has 4 aliphatic rings. The number of likely N-dealkylation sites (tertiary alicyclic amines) is 3. The van der Waals surface area contributed by atoms with Crippen molar-refractivity contribution >= 4 is 11.9 Å². The van der Waals surface area contributed by atoms with E-state index in [0.29, 0.717) is 10.8 Å². The molecule has 0 aromatic carbocycles. The van der Waals surface area contributed by atoms with Gasteiger partial charge < -0.3 is 4.90 Å². The summed E-state index contributed by atoms with van der Waals surface area (Å²) >= 11 is 2.14. The van der Waals surface area contributed by atoms with Gasteiger partial charge in [0.05, 0.1) is 0 Å². The molecule has 0 radical (unpaired) electrons. The van der Waals surface area contributed by atoms with E-state index in [2.05, 4.69) is 65.6 Å². The molecule has 0 bridgehead atoms. The van der Waals surface area contributed by atoms with Crippen LogP contribution >= 0.6 is 11.9 Å². The molecule has 4 rings (SSSR count). The Morgan fingerprint density at radius 1 is 0.655 bits per heavy atom. The maximum atomic E-state index is 2.78. The molecule has 4 nitrogen and oxygen atoms in total. The molecule has 1 unspecified atom stereocenters. The molecule has 0 amide bonds. The van der Waals surface area contributed by atoms with Crippen LogP contribution in [-0.4, -0.2) is 95.2 Å². The van der Waals surface area contributed by atoms with Crippen LogP contribution in [0.25, 0.3) is 0 Å². The summed E-state index contributed by atoms with van der Waals surface area (Å²) in [6, 6.07) is 2.22. The Kier molecular flexibility index (Phi) is 6.93. The van der Waals surface area contributed by atoms with E-state index < -0.39 is 0 Å². The summed E-state index contributed by atoms with van der Waals surface area (Å²) in [6.07, 6.45) is 7.03. The van der Waals surface area contributed by atoms with Gasteiger partial charge in [-0.2, -0.15) is 0 Å². The van der Waals surface area contributed by atoms with Gasteiger partial charge in [-0.05, 0) is 90.6 Å². The highest BCUT2D eigenvalue weighted by Gasteiger charge is 2.46. The lowest BCUT2D eigenvalue weighted by Crippen LogP contribution is -2.62. The van der Waals surface area contributed by atoms with Crippen LogP contribution < -0.4 is 0 Å². The van der Waals surface area contributed by atoms with Crippen molar-refractivity contribution in [1.82, 2.24) is 19.0 Å². The summed E-state index contributed by atoms with van der Waals surface area (Å²) in [4.78, 5) is 8.09.